The van der Waals surface area contributed by atoms with E-state index < -0.39 is 32.5 Å². The van der Waals surface area contributed by atoms with Crippen molar-refractivity contribution in [1.82, 2.24) is 4.90 Å². The van der Waals surface area contributed by atoms with Crippen molar-refractivity contribution in [2.45, 2.75) is 136 Å². The maximum atomic E-state index is 12.2. The van der Waals surface area contributed by atoms with Crippen LogP contribution in [0, 0.1) is 24.7 Å². The van der Waals surface area contributed by atoms with E-state index in [0.29, 0.717) is 6.42 Å². The van der Waals surface area contributed by atoms with Gasteiger partial charge in [-0.3, -0.25) is 28.2 Å². The van der Waals surface area contributed by atoms with Gasteiger partial charge in [0.1, 0.15) is 12.4 Å². The van der Waals surface area contributed by atoms with Crippen LogP contribution in [0.15, 0.2) is 0 Å². The number of terminal acetylenes is 2. The molecule has 46 heavy (non-hydrogen) atoms. The predicted molar refractivity (Wildman–Crippen MR) is 176 cm³/mol. The van der Waals surface area contributed by atoms with Crippen LogP contribution in [0.4, 0.5) is 0 Å². The van der Waals surface area contributed by atoms with Gasteiger partial charge >= 0.3 is 19.8 Å². The number of ether oxygens (including phenoxy) is 2. The van der Waals surface area contributed by atoms with Gasteiger partial charge in [-0.1, -0.05) is 95.8 Å². The van der Waals surface area contributed by atoms with Crippen molar-refractivity contribution >= 4 is 31.5 Å². The number of rotatable bonds is 30. The summed E-state index contributed by atoms with van der Waals surface area (Å²) in [6.07, 6.45) is 25.2. The van der Waals surface area contributed by atoms with E-state index in [9.17, 15) is 28.6 Å². The third-order valence-electron chi connectivity index (χ3n) is 7.06. The van der Waals surface area contributed by atoms with Gasteiger partial charge in [0, 0.05) is 32.6 Å². The molecule has 1 unspecified atom stereocenters. The van der Waals surface area contributed by atoms with Crippen LogP contribution >= 0.6 is 7.82 Å². The Balaban J connectivity index is 4.16. The average molecular weight is 670 g/mol. The minimum Gasteiger partial charge on any atom is -0.462 e. The number of esters is 2. The van der Waals surface area contributed by atoms with Crippen LogP contribution in [0.25, 0.3) is 0 Å². The molecule has 1 amide bonds. The second-order valence-corrected chi connectivity index (χ2v) is 12.8. The first-order chi connectivity index (χ1) is 22.0. The van der Waals surface area contributed by atoms with E-state index >= 15 is 0 Å². The molecule has 262 valence electrons. The molecule has 11 nitrogen and oxygen atoms in total. The van der Waals surface area contributed by atoms with E-state index in [4.69, 9.17) is 31.4 Å². The summed E-state index contributed by atoms with van der Waals surface area (Å²) in [7, 11) is -4.54. The summed E-state index contributed by atoms with van der Waals surface area (Å²) in [6, 6.07) is 0. The third kappa shape index (κ3) is 26.5. The molecular weight excluding hydrogens is 613 g/mol. The molecule has 0 fully saturated rings. The Morgan fingerprint density at radius 3 is 1.80 bits per heavy atom. The molecular formula is C34H56NO10P. The number of phosphoric acid groups is 1. The zero-order valence-corrected chi connectivity index (χ0v) is 28.9. The number of nitrogens with zero attached hydrogens (tertiary/aromatic N) is 1. The van der Waals surface area contributed by atoms with Crippen LogP contribution in [-0.2, 0) is 42.3 Å². The highest BCUT2D eigenvalue weighted by atomic mass is 31.2. The highest BCUT2D eigenvalue weighted by Gasteiger charge is 2.25. The summed E-state index contributed by atoms with van der Waals surface area (Å²) in [5.41, 5.74) is 0. The lowest BCUT2D eigenvalue weighted by atomic mass is 10.0. The monoisotopic (exact) mass is 669 g/mol. The number of hydrogen-bond acceptors (Lipinski definition) is 9. The second-order valence-electron chi connectivity index (χ2n) is 11.3. The van der Waals surface area contributed by atoms with Gasteiger partial charge in [0.2, 0.25) is 5.91 Å². The maximum Gasteiger partial charge on any atom is 0.472 e. The Labute approximate surface area is 276 Å². The summed E-state index contributed by atoms with van der Waals surface area (Å²) < 4.78 is 32.3. The number of Topliss-reactive ketones (excluding diaryl/α,β-unsaturated/α-hetero) is 1. The topological polar surface area (TPSA) is 146 Å². The number of carbonyl (C=O) groups is 4. The highest BCUT2D eigenvalue weighted by Crippen LogP contribution is 2.43. The first-order valence-electron chi connectivity index (χ1n) is 16.7. The van der Waals surface area contributed by atoms with Gasteiger partial charge in [-0.25, -0.2) is 4.57 Å². The molecule has 0 radical (unpaired) electrons. The van der Waals surface area contributed by atoms with Crippen LogP contribution in [0.3, 0.4) is 0 Å². The number of ketones is 1. The van der Waals surface area contributed by atoms with Gasteiger partial charge in [0.15, 0.2) is 6.10 Å². The fourth-order valence-electron chi connectivity index (χ4n) is 4.54. The molecule has 0 saturated heterocycles. The molecule has 0 aliphatic rings. The SMILES string of the molecule is C#CCN(CC#C)C(=O)CCC(=O)CCCOP(=O)(O)OC[C@@H](COC(=O)CCCCCCCCCCCCCCC)OC(C)=O. The van der Waals surface area contributed by atoms with E-state index in [1.165, 1.54) is 62.7 Å². The molecule has 0 rings (SSSR count). The van der Waals surface area contributed by atoms with Gasteiger partial charge in [-0.15, -0.1) is 12.8 Å². The van der Waals surface area contributed by atoms with Gasteiger partial charge in [0.05, 0.1) is 26.3 Å². The van der Waals surface area contributed by atoms with Gasteiger partial charge in [-0.2, -0.15) is 0 Å². The summed E-state index contributed by atoms with van der Waals surface area (Å²) in [4.78, 5) is 59.1. The highest BCUT2D eigenvalue weighted by molar-refractivity contribution is 7.47. The molecule has 1 N–H and O–H groups in total. The lowest BCUT2D eigenvalue weighted by molar-refractivity contribution is -0.159. The molecule has 0 aliphatic heterocycles. The molecule has 12 heteroatoms. The molecule has 0 bridgehead atoms. The minimum absolute atomic E-state index is 0.0167. The van der Waals surface area contributed by atoms with Crippen LogP contribution < -0.4 is 0 Å². The summed E-state index contributed by atoms with van der Waals surface area (Å²) in [6.45, 7) is 2.36. The zero-order valence-electron chi connectivity index (χ0n) is 28.0. The average Bonchev–Trinajstić information content (AvgIpc) is 3.01. The van der Waals surface area contributed by atoms with Crippen molar-refractivity contribution in [3.63, 3.8) is 0 Å². The largest absolute Gasteiger partial charge is 0.472 e. The van der Waals surface area contributed by atoms with Crippen molar-refractivity contribution in [2.24, 2.45) is 0 Å². The van der Waals surface area contributed by atoms with Crippen molar-refractivity contribution in [2.75, 3.05) is 32.9 Å². The Kier molecular flexibility index (Phi) is 26.9. The Hall–Kier alpha value is -2.69. The van der Waals surface area contributed by atoms with Crippen LogP contribution in [0.5, 0.6) is 0 Å². The minimum atomic E-state index is -4.54. The maximum absolute atomic E-state index is 12.2. The quantitative estimate of drug-likeness (QED) is 0.0400. The van der Waals surface area contributed by atoms with E-state index in [0.717, 1.165) is 26.2 Å². The molecule has 2 atom stereocenters. The van der Waals surface area contributed by atoms with E-state index in [1.807, 2.05) is 0 Å². The molecule has 0 heterocycles. The molecule has 0 aliphatic carbocycles. The molecule has 0 saturated carbocycles. The van der Waals surface area contributed by atoms with Crippen LogP contribution in [0.1, 0.15) is 129 Å². The summed E-state index contributed by atoms with van der Waals surface area (Å²) in [5, 5.41) is 0. The fourth-order valence-corrected chi connectivity index (χ4v) is 5.33. The molecule has 0 aromatic heterocycles. The van der Waals surface area contributed by atoms with Crippen molar-refractivity contribution in [3.05, 3.63) is 0 Å². The van der Waals surface area contributed by atoms with Crippen molar-refractivity contribution in [1.29, 1.82) is 0 Å². The standard InChI is InChI=1S/C34H56NO10P/c1-5-8-9-10-11-12-13-14-15-16-17-18-19-22-34(39)42-28-32(45-30(4)36)29-44-46(40,41)43-27-20-21-31(37)23-24-33(38)35(25-6-2)26-7-3/h2-3,32H,5,8-29H2,1,4H3,(H,40,41)/t32-/m1/s1. The van der Waals surface area contributed by atoms with Crippen LogP contribution in [0.2, 0.25) is 0 Å². The van der Waals surface area contributed by atoms with Crippen molar-refractivity contribution < 1.29 is 47.2 Å². The first kappa shape index (κ1) is 43.3. The number of unbranched alkanes of at least 4 members (excludes halogenated alkanes) is 12. The fraction of sp³-hybridized carbons (Fsp3) is 0.765. The van der Waals surface area contributed by atoms with E-state index in [1.54, 1.807) is 0 Å². The number of phosphoric ester groups is 1. The second kappa shape index (κ2) is 28.5. The van der Waals surface area contributed by atoms with Gasteiger partial charge in [-0.05, 0) is 12.8 Å². The summed E-state index contributed by atoms with van der Waals surface area (Å²) in [5.74, 6) is 2.99. The number of hydrogen-bond donors (Lipinski definition) is 1. The lowest BCUT2D eigenvalue weighted by Crippen LogP contribution is -2.31. The Bertz CT molecular complexity index is 987. The Morgan fingerprint density at radius 1 is 0.739 bits per heavy atom. The molecule has 0 spiro atoms. The van der Waals surface area contributed by atoms with Gasteiger partial charge < -0.3 is 19.3 Å². The van der Waals surface area contributed by atoms with Crippen LogP contribution in [-0.4, -0.2) is 72.4 Å². The van der Waals surface area contributed by atoms with E-state index in [2.05, 4.69) is 18.8 Å². The number of amides is 1. The first-order valence-corrected chi connectivity index (χ1v) is 18.1. The molecule has 0 aromatic rings. The Morgan fingerprint density at radius 2 is 1.28 bits per heavy atom. The summed E-state index contributed by atoms with van der Waals surface area (Å²) >= 11 is 0. The molecule has 0 aromatic carbocycles. The zero-order chi connectivity index (χ0) is 34.5. The number of carbonyl (C=O) groups excluding carboxylic acids is 4. The lowest BCUT2D eigenvalue weighted by Gasteiger charge is -2.19. The normalized spacial score (nSPS) is 12.7. The predicted octanol–water partition coefficient (Wildman–Crippen LogP) is 6.30. The smallest absolute Gasteiger partial charge is 0.462 e. The third-order valence-corrected chi connectivity index (χ3v) is 8.04. The van der Waals surface area contributed by atoms with Gasteiger partial charge in [0.25, 0.3) is 0 Å². The van der Waals surface area contributed by atoms with Crippen molar-refractivity contribution in [3.8, 4) is 24.7 Å². The van der Waals surface area contributed by atoms with E-state index in [-0.39, 0.29) is 70.1 Å².